The highest BCUT2D eigenvalue weighted by Gasteiger charge is 2.27. The molecule has 3 heterocycles. The van der Waals surface area contributed by atoms with Crippen molar-refractivity contribution in [2.75, 3.05) is 19.6 Å². The van der Waals surface area contributed by atoms with E-state index in [0.29, 0.717) is 23.8 Å². The van der Waals surface area contributed by atoms with Gasteiger partial charge in [0.15, 0.2) is 0 Å². The lowest BCUT2D eigenvalue weighted by Crippen LogP contribution is -2.53. The number of nitrogens with one attached hydrogen (secondary N) is 1. The Morgan fingerprint density at radius 1 is 1.53 bits per heavy atom. The second-order valence-electron chi connectivity index (χ2n) is 4.12. The number of carbonyl (C=O) groups is 1. The number of nitrogens with zero attached hydrogens (tertiary/aromatic N) is 2. The molecule has 5 heteroatoms. The summed E-state index contributed by atoms with van der Waals surface area (Å²) in [6.07, 6.45) is 4.41. The van der Waals surface area contributed by atoms with Crippen molar-refractivity contribution < 1.29 is 9.21 Å². The molecule has 0 unspecified atom stereocenters. The summed E-state index contributed by atoms with van der Waals surface area (Å²) in [5.41, 5.74) is 0.709. The van der Waals surface area contributed by atoms with Crippen molar-refractivity contribution in [2.24, 2.45) is 4.99 Å². The van der Waals surface area contributed by atoms with Crippen LogP contribution < -0.4 is 5.32 Å². The molecule has 0 aromatic carbocycles. The number of aliphatic imine (C=N–C) groups is 1. The highest BCUT2D eigenvalue weighted by atomic mass is 16.3. The smallest absolute Gasteiger partial charge is 0.255 e. The lowest BCUT2D eigenvalue weighted by molar-refractivity contribution is -0.117. The molecule has 1 aromatic heterocycles. The van der Waals surface area contributed by atoms with Crippen molar-refractivity contribution in [2.45, 2.75) is 6.42 Å². The Labute approximate surface area is 98.8 Å². The van der Waals surface area contributed by atoms with Crippen molar-refractivity contribution >= 4 is 17.9 Å². The van der Waals surface area contributed by atoms with Gasteiger partial charge in [-0.15, -0.1) is 0 Å². The molecule has 0 aliphatic carbocycles. The Balaban J connectivity index is 1.85. The quantitative estimate of drug-likeness (QED) is 0.729. The fraction of sp³-hybridized carbons (Fsp3) is 0.333. The molecule has 1 N–H and O–H groups in total. The monoisotopic (exact) mass is 231 g/mol. The molecule has 0 bridgehead atoms. The Morgan fingerprint density at radius 2 is 2.47 bits per heavy atom. The number of hydrogen-bond donors (Lipinski definition) is 1. The molecular formula is C12H13N3O2. The molecule has 1 amide bonds. The first-order chi connectivity index (χ1) is 8.33. The van der Waals surface area contributed by atoms with Crippen LogP contribution in [0.3, 0.4) is 0 Å². The third-order valence-electron chi connectivity index (χ3n) is 2.89. The highest BCUT2D eigenvalue weighted by Crippen LogP contribution is 2.15. The highest BCUT2D eigenvalue weighted by molar-refractivity contribution is 6.10. The van der Waals surface area contributed by atoms with E-state index < -0.39 is 0 Å². The molecule has 17 heavy (non-hydrogen) atoms. The maximum absolute atomic E-state index is 11.8. The molecule has 0 atom stereocenters. The first-order valence-corrected chi connectivity index (χ1v) is 5.68. The average Bonchev–Trinajstić information content (AvgIpc) is 2.83. The SMILES string of the molecule is O=C1NC2=NCCCN2C/C1=C/c1ccco1. The summed E-state index contributed by atoms with van der Waals surface area (Å²) in [5.74, 6) is 1.32. The van der Waals surface area contributed by atoms with Gasteiger partial charge < -0.3 is 9.32 Å². The van der Waals surface area contributed by atoms with Crippen LogP contribution in [0.1, 0.15) is 12.2 Å². The van der Waals surface area contributed by atoms with Crippen LogP contribution in [0.2, 0.25) is 0 Å². The fourth-order valence-corrected chi connectivity index (χ4v) is 2.04. The summed E-state index contributed by atoms with van der Waals surface area (Å²) < 4.78 is 5.22. The van der Waals surface area contributed by atoms with Gasteiger partial charge in [-0.05, 0) is 24.6 Å². The van der Waals surface area contributed by atoms with Crippen molar-refractivity contribution in [1.82, 2.24) is 10.2 Å². The minimum Gasteiger partial charge on any atom is -0.465 e. The van der Waals surface area contributed by atoms with E-state index in [1.54, 1.807) is 18.4 Å². The largest absolute Gasteiger partial charge is 0.465 e. The molecule has 0 radical (unpaired) electrons. The third-order valence-corrected chi connectivity index (χ3v) is 2.89. The standard InChI is InChI=1S/C12H13N3O2/c16-11-9(7-10-3-1-6-17-10)8-15-5-2-4-13-12(15)14-11/h1,3,6-7H,2,4-5,8H2,(H,13,14,16)/b9-7-. The molecule has 1 fully saturated rings. The Bertz CT molecular complexity index is 488. The van der Waals surface area contributed by atoms with Crippen molar-refractivity contribution in [3.63, 3.8) is 0 Å². The van der Waals surface area contributed by atoms with Gasteiger partial charge in [0.05, 0.1) is 12.8 Å². The molecule has 1 aromatic rings. The summed E-state index contributed by atoms with van der Waals surface area (Å²) in [7, 11) is 0. The van der Waals surface area contributed by atoms with Gasteiger partial charge in [0.1, 0.15) is 5.76 Å². The van der Waals surface area contributed by atoms with E-state index in [9.17, 15) is 4.79 Å². The predicted octanol–water partition coefficient (Wildman–Crippen LogP) is 0.855. The van der Waals surface area contributed by atoms with Crippen molar-refractivity contribution in [3.8, 4) is 0 Å². The van der Waals surface area contributed by atoms with Crippen LogP contribution in [0, 0.1) is 0 Å². The van der Waals surface area contributed by atoms with Crippen molar-refractivity contribution in [3.05, 3.63) is 29.7 Å². The Kier molecular flexibility index (Phi) is 2.44. The molecule has 2 aliphatic heterocycles. The van der Waals surface area contributed by atoms with E-state index in [4.69, 9.17) is 4.42 Å². The van der Waals surface area contributed by atoms with Crippen LogP contribution in [0.15, 0.2) is 33.4 Å². The Hall–Kier alpha value is -2.04. The Morgan fingerprint density at radius 3 is 3.29 bits per heavy atom. The minimum absolute atomic E-state index is 0.0849. The first-order valence-electron chi connectivity index (χ1n) is 5.68. The topological polar surface area (TPSA) is 57.8 Å². The molecule has 1 saturated heterocycles. The van der Waals surface area contributed by atoms with E-state index in [-0.39, 0.29) is 5.91 Å². The van der Waals surface area contributed by atoms with Gasteiger partial charge in [0, 0.05) is 18.7 Å². The van der Waals surface area contributed by atoms with E-state index in [1.807, 2.05) is 6.07 Å². The molecule has 88 valence electrons. The van der Waals surface area contributed by atoms with Gasteiger partial charge in [0.25, 0.3) is 5.91 Å². The van der Waals surface area contributed by atoms with Crippen LogP contribution in [-0.4, -0.2) is 36.4 Å². The van der Waals surface area contributed by atoms with Gasteiger partial charge >= 0.3 is 0 Å². The number of guanidine groups is 1. The van der Waals surface area contributed by atoms with E-state index in [2.05, 4.69) is 15.2 Å². The second kappa shape index (κ2) is 4.08. The number of fused-ring (bicyclic) bond motifs is 1. The molecule has 5 nitrogen and oxygen atoms in total. The lowest BCUT2D eigenvalue weighted by atomic mass is 10.1. The number of carbonyl (C=O) groups excluding carboxylic acids is 1. The van der Waals surface area contributed by atoms with E-state index in [0.717, 1.165) is 19.5 Å². The molecule has 2 aliphatic rings. The number of furan rings is 1. The van der Waals surface area contributed by atoms with Gasteiger partial charge in [0.2, 0.25) is 5.96 Å². The maximum Gasteiger partial charge on any atom is 0.255 e. The van der Waals surface area contributed by atoms with Gasteiger partial charge in [-0.25, -0.2) is 0 Å². The summed E-state index contributed by atoms with van der Waals surface area (Å²) in [6.45, 7) is 2.34. The first kappa shape index (κ1) is 10.1. The summed E-state index contributed by atoms with van der Waals surface area (Å²) in [5, 5.41) is 2.81. The van der Waals surface area contributed by atoms with Crippen molar-refractivity contribution in [1.29, 1.82) is 0 Å². The lowest BCUT2D eigenvalue weighted by Gasteiger charge is -2.33. The van der Waals surface area contributed by atoms with E-state index in [1.165, 1.54) is 0 Å². The molecular weight excluding hydrogens is 218 g/mol. The normalized spacial score (nSPS) is 22.1. The zero-order valence-corrected chi connectivity index (χ0v) is 9.35. The number of hydrogen-bond acceptors (Lipinski definition) is 4. The van der Waals surface area contributed by atoms with Crippen LogP contribution in [0.4, 0.5) is 0 Å². The third kappa shape index (κ3) is 1.95. The van der Waals surface area contributed by atoms with Crippen LogP contribution in [0.5, 0.6) is 0 Å². The molecule has 0 spiro atoms. The predicted molar refractivity (Wildman–Crippen MR) is 63.3 cm³/mol. The summed E-state index contributed by atoms with van der Waals surface area (Å²) in [4.78, 5) is 18.2. The maximum atomic E-state index is 11.8. The fourth-order valence-electron chi connectivity index (χ4n) is 2.04. The van der Waals surface area contributed by atoms with E-state index >= 15 is 0 Å². The van der Waals surface area contributed by atoms with Crippen LogP contribution >= 0.6 is 0 Å². The zero-order valence-electron chi connectivity index (χ0n) is 9.35. The average molecular weight is 231 g/mol. The summed E-state index contributed by atoms with van der Waals surface area (Å²) in [6, 6.07) is 3.64. The van der Waals surface area contributed by atoms with Gasteiger partial charge in [-0.1, -0.05) is 0 Å². The van der Waals surface area contributed by atoms with Crippen LogP contribution in [-0.2, 0) is 4.79 Å². The zero-order chi connectivity index (χ0) is 11.7. The molecule has 3 rings (SSSR count). The number of amides is 1. The minimum atomic E-state index is -0.0849. The number of rotatable bonds is 1. The molecule has 0 saturated carbocycles. The van der Waals surface area contributed by atoms with Crippen LogP contribution in [0.25, 0.3) is 6.08 Å². The van der Waals surface area contributed by atoms with Gasteiger partial charge in [-0.3, -0.25) is 15.1 Å². The van der Waals surface area contributed by atoms with Gasteiger partial charge in [-0.2, -0.15) is 0 Å². The summed E-state index contributed by atoms with van der Waals surface area (Å²) >= 11 is 0. The second-order valence-corrected chi connectivity index (χ2v) is 4.12.